The fourth-order valence-electron chi connectivity index (χ4n) is 3.72. The molecule has 0 saturated heterocycles. The number of nitrogen functional groups attached to an aromatic ring is 1. The van der Waals surface area contributed by atoms with Crippen molar-refractivity contribution in [3.63, 3.8) is 0 Å². The molecule has 0 amide bonds. The summed E-state index contributed by atoms with van der Waals surface area (Å²) < 4.78 is 69.2. The van der Waals surface area contributed by atoms with Crippen LogP contribution in [0.1, 0.15) is 25.0 Å². The van der Waals surface area contributed by atoms with Crippen LogP contribution in [0.5, 0.6) is 5.75 Å². The normalized spacial score (nSPS) is 13.9. The van der Waals surface area contributed by atoms with Crippen LogP contribution in [-0.4, -0.2) is 54.4 Å². The standard InChI is InChI=1S/C23H24N2O7S2/c1-3-25(4-2)18-11-7-16(8-12-18)23(15-5-9-17(24)10-6-15)19-13-20(26)22(34(30,31)32)14-21(19)33(27,28)29/h5-14,24H,3-4H2,1-2H3,(H3,26,27,28,29,30,31,32)/p+1. The number of phenolic OH excluding ortho intramolecular Hbond substituents is 1. The Morgan fingerprint density at radius 3 is 1.85 bits per heavy atom. The van der Waals surface area contributed by atoms with Gasteiger partial charge in [-0.05, 0) is 67.0 Å². The molecule has 5 N–H and O–H groups in total. The molecule has 0 saturated carbocycles. The van der Waals surface area contributed by atoms with Crippen molar-refractivity contribution in [1.29, 1.82) is 0 Å². The van der Waals surface area contributed by atoms with E-state index in [0.29, 0.717) is 22.9 Å². The lowest BCUT2D eigenvalue weighted by Crippen LogP contribution is -2.19. The molecule has 1 aliphatic rings. The SMILES string of the molecule is CC[N+](CC)=C1C=CC(=C(c2ccc(N)cc2)c2cc(O)c(S(=O)(=O)O)cc2S(=O)(=O)O)C=C1. The first-order valence-electron chi connectivity index (χ1n) is 10.3. The Hall–Kier alpha value is -3.25. The van der Waals surface area contributed by atoms with Crippen LogP contribution in [0.25, 0.3) is 5.57 Å². The van der Waals surface area contributed by atoms with Gasteiger partial charge in [0, 0.05) is 23.4 Å². The third kappa shape index (κ3) is 5.28. The predicted molar refractivity (Wildman–Crippen MR) is 129 cm³/mol. The molecular weight excluding hydrogens is 480 g/mol. The highest BCUT2D eigenvalue weighted by Gasteiger charge is 2.27. The van der Waals surface area contributed by atoms with Crippen LogP contribution in [0.2, 0.25) is 0 Å². The molecular formula is C23H25N2O7S2+. The highest BCUT2D eigenvalue weighted by Crippen LogP contribution is 2.38. The molecule has 0 spiro atoms. The predicted octanol–water partition coefficient (Wildman–Crippen LogP) is 2.89. The highest BCUT2D eigenvalue weighted by atomic mass is 32.2. The summed E-state index contributed by atoms with van der Waals surface area (Å²) in [6, 6.07) is 7.86. The van der Waals surface area contributed by atoms with E-state index in [1.807, 2.05) is 26.0 Å². The van der Waals surface area contributed by atoms with Crippen molar-refractivity contribution in [2.24, 2.45) is 0 Å². The van der Waals surface area contributed by atoms with Gasteiger partial charge in [-0.15, -0.1) is 0 Å². The zero-order valence-electron chi connectivity index (χ0n) is 18.5. The number of phenols is 1. The summed E-state index contributed by atoms with van der Waals surface area (Å²) in [5.41, 5.74) is 8.34. The second-order valence-corrected chi connectivity index (χ2v) is 10.3. The minimum Gasteiger partial charge on any atom is -0.506 e. The largest absolute Gasteiger partial charge is 0.506 e. The molecule has 2 aromatic rings. The molecule has 34 heavy (non-hydrogen) atoms. The first-order valence-corrected chi connectivity index (χ1v) is 13.2. The fraction of sp³-hybridized carbons (Fsp3) is 0.174. The summed E-state index contributed by atoms with van der Waals surface area (Å²) in [5, 5.41) is 10.3. The summed E-state index contributed by atoms with van der Waals surface area (Å²) in [7, 11) is -9.94. The lowest BCUT2D eigenvalue weighted by molar-refractivity contribution is -0.519. The minimum atomic E-state index is -4.97. The summed E-state index contributed by atoms with van der Waals surface area (Å²) in [6.45, 7) is 5.59. The number of hydrogen-bond donors (Lipinski definition) is 4. The van der Waals surface area contributed by atoms with Crippen molar-refractivity contribution < 1.29 is 35.6 Å². The Morgan fingerprint density at radius 2 is 1.38 bits per heavy atom. The van der Waals surface area contributed by atoms with Crippen molar-refractivity contribution in [2.45, 2.75) is 23.6 Å². The average molecular weight is 506 g/mol. The van der Waals surface area contributed by atoms with E-state index >= 15 is 0 Å². The van der Waals surface area contributed by atoms with E-state index in [-0.39, 0.29) is 11.1 Å². The Morgan fingerprint density at radius 1 is 0.853 bits per heavy atom. The Bertz CT molecular complexity index is 1440. The van der Waals surface area contributed by atoms with E-state index in [1.165, 1.54) is 0 Å². The first kappa shape index (κ1) is 25.4. The number of nitrogens with zero attached hydrogens (tertiary/aromatic N) is 1. The van der Waals surface area contributed by atoms with Gasteiger partial charge in [-0.3, -0.25) is 9.11 Å². The van der Waals surface area contributed by atoms with Gasteiger partial charge >= 0.3 is 0 Å². The Balaban J connectivity index is 2.41. The third-order valence-corrected chi connectivity index (χ3v) is 7.15. The van der Waals surface area contributed by atoms with Crippen LogP contribution in [0.3, 0.4) is 0 Å². The van der Waals surface area contributed by atoms with Gasteiger partial charge < -0.3 is 10.8 Å². The molecule has 0 atom stereocenters. The van der Waals surface area contributed by atoms with Gasteiger partial charge in [0.2, 0.25) is 0 Å². The zero-order chi connectivity index (χ0) is 25.3. The lowest BCUT2D eigenvalue weighted by Gasteiger charge is -2.18. The molecule has 180 valence electrons. The molecule has 2 aromatic carbocycles. The van der Waals surface area contributed by atoms with Crippen LogP contribution < -0.4 is 5.73 Å². The number of hydrogen-bond acceptors (Lipinski definition) is 6. The number of anilines is 1. The van der Waals surface area contributed by atoms with Crippen molar-refractivity contribution in [2.75, 3.05) is 18.8 Å². The summed E-state index contributed by atoms with van der Waals surface area (Å²) >= 11 is 0. The molecule has 0 aromatic heterocycles. The quantitative estimate of drug-likeness (QED) is 0.265. The van der Waals surface area contributed by atoms with Gasteiger partial charge in [0.05, 0.1) is 0 Å². The topological polar surface area (TPSA) is 158 Å². The molecule has 11 heteroatoms. The molecule has 0 radical (unpaired) electrons. The molecule has 0 fully saturated rings. The average Bonchev–Trinajstić information content (AvgIpc) is 2.75. The van der Waals surface area contributed by atoms with E-state index in [4.69, 9.17) is 5.73 Å². The number of benzene rings is 2. The Kier molecular flexibility index (Phi) is 7.13. The van der Waals surface area contributed by atoms with E-state index in [2.05, 4.69) is 4.58 Å². The van der Waals surface area contributed by atoms with Crippen LogP contribution in [0.15, 0.2) is 76.1 Å². The second-order valence-electron chi connectivity index (χ2n) is 7.48. The van der Waals surface area contributed by atoms with Gasteiger partial charge in [-0.2, -0.15) is 16.8 Å². The monoisotopic (exact) mass is 505 g/mol. The first-order chi connectivity index (χ1) is 15.9. The Labute approximate surface area is 198 Å². The van der Waals surface area contributed by atoms with Gasteiger partial charge in [-0.25, -0.2) is 4.58 Å². The fourth-order valence-corrected chi connectivity index (χ4v) is 5.09. The maximum atomic E-state index is 12.2. The molecule has 0 aliphatic heterocycles. The lowest BCUT2D eigenvalue weighted by atomic mass is 9.90. The molecule has 9 nitrogen and oxygen atoms in total. The summed E-state index contributed by atoms with van der Waals surface area (Å²) in [5.74, 6) is -0.877. The molecule has 3 rings (SSSR count). The summed E-state index contributed by atoms with van der Waals surface area (Å²) in [4.78, 5) is -1.84. The van der Waals surface area contributed by atoms with Gasteiger partial charge in [0.15, 0.2) is 5.71 Å². The van der Waals surface area contributed by atoms with E-state index in [9.17, 15) is 31.0 Å². The third-order valence-electron chi connectivity index (χ3n) is 5.37. The summed E-state index contributed by atoms with van der Waals surface area (Å²) in [6.07, 6.45) is 7.19. The maximum absolute atomic E-state index is 12.2. The van der Waals surface area contributed by atoms with Crippen molar-refractivity contribution in [3.05, 3.63) is 77.4 Å². The smallest absolute Gasteiger partial charge is 0.298 e. The van der Waals surface area contributed by atoms with Crippen molar-refractivity contribution in [1.82, 2.24) is 0 Å². The van der Waals surface area contributed by atoms with Gasteiger partial charge in [0.1, 0.15) is 28.6 Å². The van der Waals surface area contributed by atoms with Crippen LogP contribution in [-0.2, 0) is 20.2 Å². The van der Waals surface area contributed by atoms with Crippen LogP contribution >= 0.6 is 0 Å². The molecule has 0 bridgehead atoms. The number of allylic oxidation sites excluding steroid dienone is 5. The second kappa shape index (κ2) is 9.55. The van der Waals surface area contributed by atoms with Crippen LogP contribution in [0, 0.1) is 0 Å². The maximum Gasteiger partial charge on any atom is 0.298 e. The number of rotatable bonds is 6. The van der Waals surface area contributed by atoms with E-state index in [0.717, 1.165) is 24.9 Å². The number of aromatic hydroxyl groups is 1. The zero-order valence-corrected chi connectivity index (χ0v) is 20.1. The number of nitrogens with two attached hydrogens (primary N) is 1. The van der Waals surface area contributed by atoms with E-state index < -0.39 is 35.8 Å². The van der Waals surface area contributed by atoms with Crippen molar-refractivity contribution >= 4 is 37.2 Å². The van der Waals surface area contributed by atoms with E-state index in [1.54, 1.807) is 36.4 Å². The van der Waals surface area contributed by atoms with Crippen molar-refractivity contribution in [3.8, 4) is 5.75 Å². The molecule has 0 heterocycles. The van der Waals surface area contributed by atoms with Gasteiger partial charge in [0.25, 0.3) is 20.2 Å². The van der Waals surface area contributed by atoms with Crippen LogP contribution in [0.4, 0.5) is 5.69 Å². The minimum absolute atomic E-state index is 0.159. The highest BCUT2D eigenvalue weighted by molar-refractivity contribution is 7.86. The van der Waals surface area contributed by atoms with Gasteiger partial charge in [-0.1, -0.05) is 12.1 Å². The molecule has 0 unspecified atom stereocenters. The molecule has 1 aliphatic carbocycles.